The summed E-state index contributed by atoms with van der Waals surface area (Å²) in [7, 11) is 0. The van der Waals surface area contributed by atoms with Crippen LogP contribution in [0.5, 0.6) is 0 Å². The highest BCUT2D eigenvalue weighted by molar-refractivity contribution is 5.70. The van der Waals surface area contributed by atoms with Gasteiger partial charge in [0.2, 0.25) is 12.2 Å². The van der Waals surface area contributed by atoms with E-state index >= 15 is 0 Å². The number of hydrogen-bond acceptors (Lipinski definition) is 4. The van der Waals surface area contributed by atoms with E-state index in [2.05, 4.69) is 54.2 Å². The first kappa shape index (κ1) is 21.0. The van der Waals surface area contributed by atoms with Crippen molar-refractivity contribution in [3.8, 4) is 0 Å². The molecule has 0 fully saturated rings. The lowest BCUT2D eigenvalue weighted by atomic mass is 9.97. The maximum absolute atomic E-state index is 10.5. The van der Waals surface area contributed by atoms with Gasteiger partial charge in [0.05, 0.1) is 11.4 Å². The molecule has 0 aliphatic rings. The molecule has 0 aliphatic carbocycles. The second-order valence-electron chi connectivity index (χ2n) is 6.72. The van der Waals surface area contributed by atoms with Gasteiger partial charge in [0.25, 0.3) is 0 Å². The minimum absolute atomic E-state index is 0.353. The van der Waals surface area contributed by atoms with Crippen LogP contribution in [-0.2, 0) is 22.4 Å². The smallest absolute Gasteiger partial charge is 0.211 e. The maximum Gasteiger partial charge on any atom is 0.240 e. The summed E-state index contributed by atoms with van der Waals surface area (Å²) < 4.78 is 0. The topological polar surface area (TPSA) is 58.9 Å². The molecule has 2 rings (SSSR count). The zero-order chi connectivity index (χ0) is 20.4. The molecule has 0 spiro atoms. The van der Waals surface area contributed by atoms with Crippen LogP contribution in [0.3, 0.4) is 0 Å². The molecule has 0 aromatic heterocycles. The summed E-state index contributed by atoms with van der Waals surface area (Å²) in [5.74, 6) is 0.353. The Kier molecular flexibility index (Phi) is 8.05. The third kappa shape index (κ3) is 6.44. The minimum atomic E-state index is 0.353. The molecule has 4 nitrogen and oxygen atoms in total. The van der Waals surface area contributed by atoms with E-state index in [0.717, 1.165) is 24.0 Å². The third-order valence-corrected chi connectivity index (χ3v) is 4.42. The van der Waals surface area contributed by atoms with Gasteiger partial charge in [-0.05, 0) is 66.1 Å². The van der Waals surface area contributed by atoms with E-state index in [4.69, 9.17) is 0 Å². The molecule has 1 unspecified atom stereocenters. The van der Waals surface area contributed by atoms with Crippen LogP contribution in [-0.4, -0.2) is 12.2 Å². The molecule has 0 heterocycles. The molecule has 0 saturated carbocycles. The van der Waals surface area contributed by atoms with Crippen LogP contribution in [0, 0.1) is 5.92 Å². The number of nitrogens with zero attached hydrogens (tertiary/aromatic N) is 2. The van der Waals surface area contributed by atoms with Gasteiger partial charge < -0.3 is 0 Å². The molecule has 0 aliphatic heterocycles. The Balaban J connectivity index is 2.23. The second-order valence-corrected chi connectivity index (χ2v) is 6.72. The molecule has 4 heteroatoms. The molecule has 2 aromatic carbocycles. The molecule has 28 heavy (non-hydrogen) atoms. The summed E-state index contributed by atoms with van der Waals surface area (Å²) in [6.07, 6.45) is 11.0. The number of rotatable bonds is 8. The molecule has 0 amide bonds. The fraction of sp³-hybridized carbons (Fsp3) is 0.250. The van der Waals surface area contributed by atoms with Crippen LogP contribution >= 0.6 is 0 Å². The zero-order valence-corrected chi connectivity index (χ0v) is 16.5. The number of benzene rings is 2. The standard InChI is InChI=1S/C24H24N2O2/c1-4-20-6-8-21(9-7-20)13-18(2)5-10-22-11-12-24(26-17-28)15-23(22)14-19(3)25-16-27/h5-12,14-15,18H,4,13H2,1-3H3/b10-5-,19-14+. The number of carbonyl (C=O) groups excluding carboxylic acids is 2. The van der Waals surface area contributed by atoms with Crippen LogP contribution in [0.25, 0.3) is 12.2 Å². The normalized spacial score (nSPS) is 12.3. The minimum Gasteiger partial charge on any atom is -0.211 e. The van der Waals surface area contributed by atoms with Gasteiger partial charge in [0.15, 0.2) is 0 Å². The van der Waals surface area contributed by atoms with Gasteiger partial charge in [-0.15, -0.1) is 0 Å². The lowest BCUT2D eigenvalue weighted by Crippen LogP contribution is -1.96. The van der Waals surface area contributed by atoms with E-state index in [1.54, 1.807) is 31.2 Å². The van der Waals surface area contributed by atoms with Crippen molar-refractivity contribution in [2.75, 3.05) is 0 Å². The van der Waals surface area contributed by atoms with Gasteiger partial charge in [-0.2, -0.15) is 9.98 Å². The molecule has 0 saturated heterocycles. The van der Waals surface area contributed by atoms with Crippen LogP contribution in [0.2, 0.25) is 0 Å². The highest BCUT2D eigenvalue weighted by Crippen LogP contribution is 2.23. The van der Waals surface area contributed by atoms with Crippen molar-refractivity contribution in [1.29, 1.82) is 0 Å². The summed E-state index contributed by atoms with van der Waals surface area (Å²) in [6.45, 7) is 6.05. The summed E-state index contributed by atoms with van der Waals surface area (Å²) in [5.41, 5.74) is 5.46. The highest BCUT2D eigenvalue weighted by Gasteiger charge is 2.03. The van der Waals surface area contributed by atoms with Crippen molar-refractivity contribution in [2.24, 2.45) is 15.9 Å². The van der Waals surface area contributed by atoms with Gasteiger partial charge in [-0.25, -0.2) is 9.59 Å². The molecular formula is C24H24N2O2. The quantitative estimate of drug-likeness (QED) is 0.434. The lowest BCUT2D eigenvalue weighted by molar-refractivity contribution is 0.564. The summed E-state index contributed by atoms with van der Waals surface area (Å²) in [5, 5.41) is 0. The first-order chi connectivity index (χ1) is 13.5. The Morgan fingerprint density at radius 1 is 1.04 bits per heavy atom. The predicted molar refractivity (Wildman–Crippen MR) is 114 cm³/mol. The Morgan fingerprint density at radius 2 is 1.75 bits per heavy atom. The fourth-order valence-corrected chi connectivity index (χ4v) is 2.91. The SMILES string of the molecule is CCc1ccc(CC(C)/C=C\c2ccc(N=C=O)cc2/C=C(\C)N=C=O)cc1. The molecule has 2 aromatic rings. The third-order valence-electron chi connectivity index (χ3n) is 4.42. The Bertz CT molecular complexity index is 959. The number of aryl methyl sites for hydroxylation is 1. The first-order valence-electron chi connectivity index (χ1n) is 9.29. The first-order valence-corrected chi connectivity index (χ1v) is 9.29. The van der Waals surface area contributed by atoms with E-state index in [1.165, 1.54) is 17.2 Å². The van der Waals surface area contributed by atoms with Gasteiger partial charge in [0, 0.05) is 0 Å². The zero-order valence-electron chi connectivity index (χ0n) is 16.5. The van der Waals surface area contributed by atoms with Crippen LogP contribution in [0.4, 0.5) is 5.69 Å². The lowest BCUT2D eigenvalue weighted by Gasteiger charge is -2.08. The van der Waals surface area contributed by atoms with Crippen molar-refractivity contribution in [3.05, 3.63) is 76.5 Å². The average Bonchev–Trinajstić information content (AvgIpc) is 2.68. The van der Waals surface area contributed by atoms with Gasteiger partial charge in [-0.1, -0.05) is 56.3 Å². The summed E-state index contributed by atoms with van der Waals surface area (Å²) in [4.78, 5) is 28.3. The van der Waals surface area contributed by atoms with Gasteiger partial charge in [-0.3, -0.25) is 0 Å². The second kappa shape index (κ2) is 10.7. The molecule has 0 N–H and O–H groups in total. The maximum atomic E-state index is 10.5. The van der Waals surface area contributed by atoms with E-state index in [1.807, 2.05) is 12.1 Å². The van der Waals surface area contributed by atoms with Gasteiger partial charge in [0.1, 0.15) is 0 Å². The molecule has 0 radical (unpaired) electrons. The molecule has 142 valence electrons. The van der Waals surface area contributed by atoms with E-state index < -0.39 is 0 Å². The van der Waals surface area contributed by atoms with Crippen LogP contribution in [0.15, 0.2) is 64.2 Å². The molecular weight excluding hydrogens is 348 g/mol. The van der Waals surface area contributed by atoms with Crippen molar-refractivity contribution in [2.45, 2.75) is 33.6 Å². The Hall–Kier alpha value is -3.32. The Morgan fingerprint density at radius 3 is 2.39 bits per heavy atom. The Labute approximate surface area is 166 Å². The monoisotopic (exact) mass is 372 g/mol. The van der Waals surface area contributed by atoms with E-state index in [-0.39, 0.29) is 0 Å². The van der Waals surface area contributed by atoms with Crippen LogP contribution in [0.1, 0.15) is 43.0 Å². The molecule has 1 atom stereocenters. The van der Waals surface area contributed by atoms with Crippen molar-refractivity contribution >= 4 is 30.0 Å². The number of hydrogen-bond donors (Lipinski definition) is 0. The van der Waals surface area contributed by atoms with Crippen LogP contribution < -0.4 is 0 Å². The van der Waals surface area contributed by atoms with Crippen molar-refractivity contribution < 1.29 is 9.59 Å². The number of allylic oxidation sites excluding steroid dienone is 2. The van der Waals surface area contributed by atoms with Crippen molar-refractivity contribution in [1.82, 2.24) is 0 Å². The highest BCUT2D eigenvalue weighted by atomic mass is 16.1. The van der Waals surface area contributed by atoms with Crippen molar-refractivity contribution in [3.63, 3.8) is 0 Å². The van der Waals surface area contributed by atoms with E-state index in [0.29, 0.717) is 17.3 Å². The molecule has 0 bridgehead atoms. The fourth-order valence-electron chi connectivity index (χ4n) is 2.91. The summed E-state index contributed by atoms with van der Waals surface area (Å²) >= 11 is 0. The van der Waals surface area contributed by atoms with Gasteiger partial charge >= 0.3 is 0 Å². The predicted octanol–water partition coefficient (Wildman–Crippen LogP) is 5.80. The number of isocyanates is 2. The largest absolute Gasteiger partial charge is 0.240 e. The van der Waals surface area contributed by atoms with E-state index in [9.17, 15) is 9.59 Å². The average molecular weight is 372 g/mol. The number of aliphatic imine (C=N–C) groups is 2. The summed E-state index contributed by atoms with van der Waals surface area (Å²) in [6, 6.07) is 14.1.